The molecule has 2 N–H and O–H groups in total. The van der Waals surface area contributed by atoms with Crippen molar-refractivity contribution in [1.82, 2.24) is 20.2 Å². The molecule has 5 aliphatic rings. The van der Waals surface area contributed by atoms with E-state index in [0.29, 0.717) is 39.0 Å². The van der Waals surface area contributed by atoms with Crippen LogP contribution < -0.4 is 10.2 Å². The summed E-state index contributed by atoms with van der Waals surface area (Å²) < 4.78 is 50.8. The molecule has 2 bridgehead atoms. The van der Waals surface area contributed by atoms with Gasteiger partial charge in [0.1, 0.15) is 5.82 Å². The van der Waals surface area contributed by atoms with E-state index in [1.165, 1.54) is 6.07 Å². The number of methoxy groups -OCH3 is 1. The first-order valence-electron chi connectivity index (χ1n) is 12.7. The van der Waals surface area contributed by atoms with Crippen LogP contribution in [-0.4, -0.2) is 94.7 Å². The number of piperazine rings is 1. The van der Waals surface area contributed by atoms with Crippen molar-refractivity contribution in [1.29, 1.82) is 0 Å². The smallest absolute Gasteiger partial charge is 0.387 e. The predicted octanol–water partition coefficient (Wildman–Crippen LogP) is 1.35. The normalized spacial score (nSPS) is 42.1. The Bertz CT molecular complexity index is 1040. The van der Waals surface area contributed by atoms with E-state index in [4.69, 9.17) is 9.47 Å². The van der Waals surface area contributed by atoms with Crippen molar-refractivity contribution in [2.45, 2.75) is 87.1 Å². The van der Waals surface area contributed by atoms with Crippen molar-refractivity contribution in [2.24, 2.45) is 5.41 Å². The Morgan fingerprint density at radius 1 is 1.33 bits per heavy atom. The molecule has 4 aliphatic heterocycles. The minimum atomic E-state index is -4.64. The van der Waals surface area contributed by atoms with Gasteiger partial charge in [0.25, 0.3) is 0 Å². The van der Waals surface area contributed by atoms with Gasteiger partial charge in [-0.05, 0) is 45.1 Å². The predicted molar refractivity (Wildman–Crippen MR) is 121 cm³/mol. The minimum absolute atomic E-state index is 0.0251. The average molecular weight is 512 g/mol. The lowest BCUT2D eigenvalue weighted by molar-refractivity contribution is -0.145. The van der Waals surface area contributed by atoms with Crippen LogP contribution in [0.1, 0.15) is 44.9 Å². The molecule has 1 saturated carbocycles. The molecule has 0 aromatic carbocycles. The molecule has 0 radical (unpaired) electrons. The summed E-state index contributed by atoms with van der Waals surface area (Å²) in [5.74, 6) is -1.02. The van der Waals surface area contributed by atoms with E-state index in [2.05, 4.69) is 15.3 Å². The molecule has 2 unspecified atom stereocenters. The van der Waals surface area contributed by atoms with E-state index in [0.717, 1.165) is 19.0 Å². The van der Waals surface area contributed by atoms with Crippen molar-refractivity contribution >= 4 is 11.7 Å². The first-order valence-corrected chi connectivity index (χ1v) is 12.7. The van der Waals surface area contributed by atoms with Crippen LogP contribution in [0.3, 0.4) is 0 Å². The fraction of sp³-hybridized carbons (Fsp3) is 0.792. The Hall–Kier alpha value is -2.02. The second kappa shape index (κ2) is 8.24. The standard InChI is InChI=1S/C24H32F3N5O4/c1-22(34)19-16-9-14(11-31(16)18-4-7-28-20(30-18)24(25,26)27)32(19)21(33)23(22)6-3-13(10-23)29-15-5-8-36-12-17(15)35-2/h4,7,13-17,19,29,34H,3,5-6,8-12H2,1-2H3/t13-,14+,15+,16+,17-,19?,22?,23-/m1/s1. The summed E-state index contributed by atoms with van der Waals surface area (Å²) >= 11 is 0. The van der Waals surface area contributed by atoms with Crippen LogP contribution in [0.15, 0.2) is 12.3 Å². The molecule has 36 heavy (non-hydrogen) atoms. The molecule has 5 heterocycles. The van der Waals surface area contributed by atoms with Gasteiger partial charge < -0.3 is 29.7 Å². The maximum Gasteiger partial charge on any atom is 0.451 e. The van der Waals surface area contributed by atoms with Crippen LogP contribution in [0.25, 0.3) is 0 Å². The van der Waals surface area contributed by atoms with Crippen molar-refractivity contribution in [3.63, 3.8) is 0 Å². The lowest BCUT2D eigenvalue weighted by Crippen LogP contribution is -2.59. The number of anilines is 1. The minimum Gasteiger partial charge on any atom is -0.387 e. The number of nitrogens with one attached hydrogen (secondary N) is 1. The van der Waals surface area contributed by atoms with Gasteiger partial charge in [-0.15, -0.1) is 0 Å². The molecule has 9 nitrogen and oxygen atoms in total. The molecule has 5 fully saturated rings. The fourth-order valence-electron chi connectivity index (χ4n) is 7.63. The van der Waals surface area contributed by atoms with E-state index < -0.39 is 29.1 Å². The SMILES string of the molecule is CO[C@@H]1COCC[C@@H]1N[C@@H]1CC[C@@]2(C1)C(=O)N1C([C@@H]3C[C@H]1CN3c1ccnc(C(F)(F)F)n1)C2(C)O. The molecule has 1 aliphatic carbocycles. The third-order valence-electron chi connectivity index (χ3n) is 9.33. The number of carbonyl (C=O) groups excluding carboxylic acids is 1. The number of aliphatic hydroxyl groups is 1. The van der Waals surface area contributed by atoms with Gasteiger partial charge in [-0.2, -0.15) is 13.2 Å². The van der Waals surface area contributed by atoms with Gasteiger partial charge in [-0.1, -0.05) is 0 Å². The van der Waals surface area contributed by atoms with E-state index in [-0.39, 0.29) is 42.0 Å². The van der Waals surface area contributed by atoms with Crippen molar-refractivity contribution in [3.8, 4) is 0 Å². The Labute approximate surface area is 207 Å². The second-order valence-corrected chi connectivity index (χ2v) is 11.1. The summed E-state index contributed by atoms with van der Waals surface area (Å²) in [5, 5.41) is 15.7. The van der Waals surface area contributed by atoms with Crippen LogP contribution in [0.2, 0.25) is 0 Å². The molecule has 1 amide bonds. The molecule has 8 atom stereocenters. The highest BCUT2D eigenvalue weighted by Crippen LogP contribution is 2.60. The van der Waals surface area contributed by atoms with Gasteiger partial charge in [-0.25, -0.2) is 9.97 Å². The number of rotatable bonds is 4. The highest BCUT2D eigenvalue weighted by Gasteiger charge is 2.74. The summed E-state index contributed by atoms with van der Waals surface area (Å²) in [5.41, 5.74) is -2.24. The average Bonchev–Trinajstić information content (AvgIpc) is 3.60. The molecule has 12 heteroatoms. The summed E-state index contributed by atoms with van der Waals surface area (Å²) in [6.07, 6.45) is -0.316. The molecule has 6 rings (SSSR count). The highest BCUT2D eigenvalue weighted by molar-refractivity contribution is 5.90. The summed E-state index contributed by atoms with van der Waals surface area (Å²) in [4.78, 5) is 24.7. The molecule has 198 valence electrons. The molecule has 4 saturated heterocycles. The van der Waals surface area contributed by atoms with E-state index >= 15 is 0 Å². The van der Waals surface area contributed by atoms with E-state index in [9.17, 15) is 23.1 Å². The number of alkyl halides is 3. The largest absolute Gasteiger partial charge is 0.451 e. The lowest BCUT2D eigenvalue weighted by atomic mass is 9.69. The van der Waals surface area contributed by atoms with Gasteiger partial charge in [0.05, 0.1) is 41.9 Å². The maximum atomic E-state index is 13.9. The highest BCUT2D eigenvalue weighted by atomic mass is 19.4. The van der Waals surface area contributed by atoms with Gasteiger partial charge in [-0.3, -0.25) is 4.79 Å². The van der Waals surface area contributed by atoms with Crippen LogP contribution in [-0.2, 0) is 20.4 Å². The van der Waals surface area contributed by atoms with Crippen LogP contribution in [0, 0.1) is 5.41 Å². The number of carbonyl (C=O) groups is 1. The van der Waals surface area contributed by atoms with Gasteiger partial charge in [0, 0.05) is 38.5 Å². The summed E-state index contributed by atoms with van der Waals surface area (Å²) in [7, 11) is 1.67. The van der Waals surface area contributed by atoms with E-state index in [1.54, 1.807) is 14.0 Å². The summed E-state index contributed by atoms with van der Waals surface area (Å²) in [6, 6.07) is 0.690. The molecule has 1 aromatic rings. The zero-order chi connectivity index (χ0) is 25.5. The monoisotopic (exact) mass is 511 g/mol. The third-order valence-corrected chi connectivity index (χ3v) is 9.33. The molecule has 1 aromatic heterocycles. The Morgan fingerprint density at radius 2 is 2.14 bits per heavy atom. The van der Waals surface area contributed by atoms with Gasteiger partial charge >= 0.3 is 6.18 Å². The Balaban J connectivity index is 1.24. The number of aromatic nitrogens is 2. The number of halogens is 3. The number of ether oxygens (including phenoxy) is 2. The van der Waals surface area contributed by atoms with Crippen LogP contribution in [0.5, 0.6) is 0 Å². The van der Waals surface area contributed by atoms with E-state index in [1.807, 2.05) is 9.80 Å². The Kier molecular flexibility index (Phi) is 5.57. The van der Waals surface area contributed by atoms with Crippen LogP contribution in [0.4, 0.5) is 19.0 Å². The number of amides is 1. The lowest BCUT2D eigenvalue weighted by Gasteiger charge is -2.43. The quantitative estimate of drug-likeness (QED) is 0.625. The molecule has 1 spiro atoms. The summed E-state index contributed by atoms with van der Waals surface area (Å²) in [6.45, 7) is 3.31. The van der Waals surface area contributed by atoms with Crippen molar-refractivity contribution < 1.29 is 32.5 Å². The molecular weight excluding hydrogens is 479 g/mol. The topological polar surface area (TPSA) is 100 Å². The number of hydrogen-bond acceptors (Lipinski definition) is 8. The number of nitrogens with zero attached hydrogens (tertiary/aromatic N) is 4. The number of fused-ring (bicyclic) bond motifs is 5. The Morgan fingerprint density at radius 3 is 2.89 bits per heavy atom. The van der Waals surface area contributed by atoms with Crippen LogP contribution >= 0.6 is 0 Å². The van der Waals surface area contributed by atoms with Crippen molar-refractivity contribution in [2.75, 3.05) is 31.8 Å². The second-order valence-electron chi connectivity index (χ2n) is 11.1. The molecular formula is C24H32F3N5O4. The van der Waals surface area contributed by atoms with Gasteiger partial charge in [0.2, 0.25) is 11.7 Å². The van der Waals surface area contributed by atoms with Crippen molar-refractivity contribution in [3.05, 3.63) is 18.1 Å². The third kappa shape index (κ3) is 3.40. The first-order chi connectivity index (χ1) is 17.1. The maximum absolute atomic E-state index is 13.9. The van der Waals surface area contributed by atoms with Gasteiger partial charge in [0.15, 0.2) is 0 Å². The number of hydrogen-bond donors (Lipinski definition) is 2. The zero-order valence-electron chi connectivity index (χ0n) is 20.4. The first kappa shape index (κ1) is 24.3. The zero-order valence-corrected chi connectivity index (χ0v) is 20.4. The fourth-order valence-corrected chi connectivity index (χ4v) is 7.63.